The molecule has 0 aliphatic heterocycles. The monoisotopic (exact) mass is 465 g/mol. The summed E-state index contributed by atoms with van der Waals surface area (Å²) < 4.78 is 19.1. The van der Waals surface area contributed by atoms with Crippen LogP contribution in [0.3, 0.4) is 0 Å². The molecule has 0 bridgehead atoms. The van der Waals surface area contributed by atoms with Gasteiger partial charge >= 0.3 is 0 Å². The molecule has 0 unspecified atom stereocenters. The first-order valence-corrected chi connectivity index (χ1v) is 13.8. The molecule has 3 heteroatoms. The standard InChI is InChI=1S/C31H44FNO/c1-2-3-5-8-25-11-17-28(18-12-25)29-19-13-27(14-20-29)24-34-31-21-15-26(16-22-31)9-6-4-7-10-30(32)23-33/h4,7,10-12,17-18,26-27,29,31H,2-3,5-6,8-9,13-16,19-22,24H2,1H3/t26-,27-,29-,31-. The highest BCUT2D eigenvalue weighted by atomic mass is 19.1. The predicted octanol–water partition coefficient (Wildman–Crippen LogP) is 8.98. The zero-order chi connectivity index (χ0) is 24.0. The van der Waals surface area contributed by atoms with Crippen molar-refractivity contribution in [1.82, 2.24) is 0 Å². The van der Waals surface area contributed by atoms with E-state index in [9.17, 15) is 4.39 Å². The van der Waals surface area contributed by atoms with Gasteiger partial charge in [-0.05, 0) is 112 Å². The van der Waals surface area contributed by atoms with Crippen LogP contribution in [0, 0.1) is 23.2 Å². The van der Waals surface area contributed by atoms with Crippen molar-refractivity contribution >= 4 is 0 Å². The molecule has 34 heavy (non-hydrogen) atoms. The van der Waals surface area contributed by atoms with Crippen molar-refractivity contribution in [2.45, 2.75) is 109 Å². The lowest BCUT2D eigenvalue weighted by molar-refractivity contribution is -0.00824. The second kappa shape index (κ2) is 15.2. The van der Waals surface area contributed by atoms with Crippen molar-refractivity contribution in [2.24, 2.45) is 11.8 Å². The molecule has 3 rings (SSSR count). The van der Waals surface area contributed by atoms with E-state index in [2.05, 4.69) is 31.2 Å². The van der Waals surface area contributed by atoms with Gasteiger partial charge in [-0.2, -0.15) is 9.65 Å². The Bertz CT molecular complexity index is 790. The zero-order valence-corrected chi connectivity index (χ0v) is 21.2. The Kier molecular flexibility index (Phi) is 11.9. The fraction of sp³-hybridized carbons (Fsp3) is 0.645. The van der Waals surface area contributed by atoms with Crippen LogP contribution in [0.4, 0.5) is 4.39 Å². The molecule has 0 N–H and O–H groups in total. The third-order valence-electron chi connectivity index (χ3n) is 7.96. The Morgan fingerprint density at radius 3 is 2.38 bits per heavy atom. The quantitative estimate of drug-likeness (QED) is 0.175. The number of nitriles is 1. The van der Waals surface area contributed by atoms with Crippen molar-refractivity contribution < 1.29 is 9.13 Å². The summed E-state index contributed by atoms with van der Waals surface area (Å²) in [7, 11) is 0. The van der Waals surface area contributed by atoms with E-state index in [1.165, 1.54) is 100 Å². The van der Waals surface area contributed by atoms with Gasteiger partial charge in [0, 0.05) is 6.61 Å². The first-order chi connectivity index (χ1) is 16.7. The van der Waals surface area contributed by atoms with E-state index >= 15 is 0 Å². The van der Waals surface area contributed by atoms with Gasteiger partial charge in [0.15, 0.2) is 5.83 Å². The van der Waals surface area contributed by atoms with Crippen LogP contribution in [-0.4, -0.2) is 12.7 Å². The average Bonchev–Trinajstić information content (AvgIpc) is 2.89. The van der Waals surface area contributed by atoms with Gasteiger partial charge in [0.05, 0.1) is 6.10 Å². The molecule has 1 aromatic carbocycles. The summed E-state index contributed by atoms with van der Waals surface area (Å²) in [5.41, 5.74) is 3.03. The highest BCUT2D eigenvalue weighted by molar-refractivity contribution is 5.26. The summed E-state index contributed by atoms with van der Waals surface area (Å²) in [4.78, 5) is 0. The second-order valence-corrected chi connectivity index (χ2v) is 10.5. The van der Waals surface area contributed by atoms with Crippen molar-refractivity contribution in [2.75, 3.05) is 6.61 Å². The van der Waals surface area contributed by atoms with Crippen LogP contribution in [0.5, 0.6) is 0 Å². The maximum atomic E-state index is 12.8. The molecule has 0 amide bonds. The van der Waals surface area contributed by atoms with Crippen LogP contribution < -0.4 is 0 Å². The molecule has 0 atom stereocenters. The minimum Gasteiger partial charge on any atom is -0.378 e. The van der Waals surface area contributed by atoms with E-state index in [-0.39, 0.29) is 0 Å². The summed E-state index contributed by atoms with van der Waals surface area (Å²) in [5, 5.41) is 8.40. The fourth-order valence-electron chi connectivity index (χ4n) is 5.68. The predicted molar refractivity (Wildman–Crippen MR) is 139 cm³/mol. The summed E-state index contributed by atoms with van der Waals surface area (Å²) in [6, 6.07) is 11.0. The van der Waals surface area contributed by atoms with Crippen LogP contribution in [0.25, 0.3) is 0 Å². The number of rotatable bonds is 12. The lowest BCUT2D eigenvalue weighted by Crippen LogP contribution is -2.25. The van der Waals surface area contributed by atoms with Crippen LogP contribution in [0.1, 0.15) is 107 Å². The highest BCUT2D eigenvalue weighted by Crippen LogP contribution is 2.37. The van der Waals surface area contributed by atoms with Crippen molar-refractivity contribution in [3.8, 4) is 6.07 Å². The maximum Gasteiger partial charge on any atom is 0.199 e. The molecule has 186 valence electrons. The molecule has 2 nitrogen and oxygen atoms in total. The Balaban J connectivity index is 1.27. The maximum absolute atomic E-state index is 12.8. The Morgan fingerprint density at radius 1 is 1.00 bits per heavy atom. The fourth-order valence-corrected chi connectivity index (χ4v) is 5.68. The molecule has 1 aromatic rings. The van der Waals surface area contributed by atoms with Gasteiger partial charge in [-0.25, -0.2) is 0 Å². The lowest BCUT2D eigenvalue weighted by atomic mass is 9.78. The van der Waals surface area contributed by atoms with Crippen LogP contribution in [0.2, 0.25) is 0 Å². The largest absolute Gasteiger partial charge is 0.378 e. The first kappa shape index (κ1) is 26.7. The number of nitrogens with zero attached hydrogens (tertiary/aromatic N) is 1. The average molecular weight is 466 g/mol. The minimum atomic E-state index is -0.728. The SMILES string of the molecule is CCCCCc1ccc([C@H]2CC[C@H](CO[C@H]3CC[C@H](CCC=CC=C(F)C#N)CC3)CC2)cc1. The molecule has 0 spiro atoms. The molecule has 0 heterocycles. The van der Waals surface area contributed by atoms with Crippen LogP contribution in [-0.2, 0) is 11.2 Å². The molecular formula is C31H44FNO. The summed E-state index contributed by atoms with van der Waals surface area (Å²) in [6.45, 7) is 3.21. The van der Waals surface area contributed by atoms with Gasteiger partial charge in [0.2, 0.25) is 0 Å². The molecule has 2 aliphatic carbocycles. The Morgan fingerprint density at radius 2 is 1.71 bits per heavy atom. The van der Waals surface area contributed by atoms with E-state index in [1.54, 1.807) is 6.08 Å². The van der Waals surface area contributed by atoms with Gasteiger partial charge in [-0.3, -0.25) is 0 Å². The number of unbranched alkanes of at least 4 members (excludes halogenated alkanes) is 2. The van der Waals surface area contributed by atoms with Crippen LogP contribution >= 0.6 is 0 Å². The molecule has 0 radical (unpaired) electrons. The van der Waals surface area contributed by atoms with Gasteiger partial charge in [-0.1, -0.05) is 56.2 Å². The third-order valence-corrected chi connectivity index (χ3v) is 7.96. The molecule has 2 aliphatic rings. The van der Waals surface area contributed by atoms with E-state index in [0.717, 1.165) is 37.2 Å². The van der Waals surface area contributed by atoms with Gasteiger partial charge in [0.25, 0.3) is 0 Å². The number of hydrogen-bond acceptors (Lipinski definition) is 2. The van der Waals surface area contributed by atoms with E-state index in [1.807, 2.05) is 6.08 Å². The van der Waals surface area contributed by atoms with Crippen molar-refractivity contribution in [3.05, 3.63) is 59.4 Å². The number of hydrogen-bond donors (Lipinski definition) is 0. The number of halogens is 1. The zero-order valence-electron chi connectivity index (χ0n) is 21.2. The number of benzene rings is 1. The normalized spacial score (nSPS) is 26.0. The van der Waals surface area contributed by atoms with Crippen LogP contribution in [0.15, 0.2) is 48.3 Å². The number of aryl methyl sites for hydroxylation is 1. The number of ether oxygens (including phenoxy) is 1. The highest BCUT2D eigenvalue weighted by Gasteiger charge is 2.25. The molecular weight excluding hydrogens is 421 g/mol. The summed E-state index contributed by atoms with van der Waals surface area (Å²) in [6.07, 6.45) is 22.6. The van der Waals surface area contributed by atoms with Crippen molar-refractivity contribution in [1.29, 1.82) is 5.26 Å². The van der Waals surface area contributed by atoms with E-state index < -0.39 is 5.83 Å². The summed E-state index contributed by atoms with van der Waals surface area (Å²) in [5.74, 6) is 1.49. The number of allylic oxidation sites excluding steroid dienone is 4. The Labute approximate surface area is 207 Å². The smallest absolute Gasteiger partial charge is 0.199 e. The van der Waals surface area contributed by atoms with E-state index in [0.29, 0.717) is 6.10 Å². The second-order valence-electron chi connectivity index (χ2n) is 10.5. The van der Waals surface area contributed by atoms with Crippen molar-refractivity contribution in [3.63, 3.8) is 0 Å². The summed E-state index contributed by atoms with van der Waals surface area (Å²) >= 11 is 0. The Hall–Kier alpha value is -1.92. The van der Waals surface area contributed by atoms with Gasteiger partial charge in [0.1, 0.15) is 6.07 Å². The lowest BCUT2D eigenvalue weighted by Gasteiger charge is -2.32. The van der Waals surface area contributed by atoms with Gasteiger partial charge < -0.3 is 4.74 Å². The molecule has 2 saturated carbocycles. The molecule has 0 saturated heterocycles. The van der Waals surface area contributed by atoms with Gasteiger partial charge in [-0.15, -0.1) is 0 Å². The first-order valence-electron chi connectivity index (χ1n) is 13.8. The third kappa shape index (κ3) is 9.38. The topological polar surface area (TPSA) is 33.0 Å². The molecule has 2 fully saturated rings. The minimum absolute atomic E-state index is 0.442. The molecule has 0 aromatic heterocycles. The van der Waals surface area contributed by atoms with E-state index in [4.69, 9.17) is 10.00 Å².